The van der Waals surface area contributed by atoms with Crippen LogP contribution in [0.25, 0.3) is 17.1 Å². The SMILES string of the molecule is Cc1ccc(-n2nnnc2-c2cc(N)cc(Cl)c2)cc1Br. The lowest BCUT2D eigenvalue weighted by atomic mass is 10.2. The van der Waals surface area contributed by atoms with Gasteiger partial charge in [0.25, 0.3) is 0 Å². The zero-order valence-corrected chi connectivity index (χ0v) is 13.4. The number of nitrogen functional groups attached to an aromatic ring is 1. The van der Waals surface area contributed by atoms with E-state index in [1.807, 2.05) is 25.1 Å². The van der Waals surface area contributed by atoms with Gasteiger partial charge in [-0.3, -0.25) is 0 Å². The molecule has 0 saturated heterocycles. The molecule has 7 heteroatoms. The van der Waals surface area contributed by atoms with Gasteiger partial charge in [0.05, 0.1) is 5.69 Å². The van der Waals surface area contributed by atoms with Crippen LogP contribution in [-0.4, -0.2) is 20.2 Å². The average molecular weight is 365 g/mol. The van der Waals surface area contributed by atoms with Gasteiger partial charge in [0.1, 0.15) is 0 Å². The average Bonchev–Trinajstić information content (AvgIpc) is 2.90. The second kappa shape index (κ2) is 5.46. The Morgan fingerprint density at radius 2 is 2.00 bits per heavy atom. The van der Waals surface area contributed by atoms with Crippen LogP contribution in [0, 0.1) is 6.92 Å². The summed E-state index contributed by atoms with van der Waals surface area (Å²) < 4.78 is 2.64. The summed E-state index contributed by atoms with van der Waals surface area (Å²) in [6.07, 6.45) is 0. The third kappa shape index (κ3) is 2.77. The summed E-state index contributed by atoms with van der Waals surface area (Å²) in [7, 11) is 0. The topological polar surface area (TPSA) is 69.6 Å². The molecule has 5 nitrogen and oxygen atoms in total. The second-order valence-electron chi connectivity index (χ2n) is 4.62. The van der Waals surface area contributed by atoms with E-state index in [2.05, 4.69) is 31.5 Å². The first kappa shape index (κ1) is 14.0. The summed E-state index contributed by atoms with van der Waals surface area (Å²) >= 11 is 9.56. The number of tetrazole rings is 1. The lowest BCUT2D eigenvalue weighted by molar-refractivity contribution is 0.790. The van der Waals surface area contributed by atoms with Crippen LogP contribution in [0.15, 0.2) is 40.9 Å². The fourth-order valence-corrected chi connectivity index (χ4v) is 2.61. The summed E-state index contributed by atoms with van der Waals surface area (Å²) in [5.41, 5.74) is 9.15. The monoisotopic (exact) mass is 363 g/mol. The predicted octanol–water partition coefficient (Wildman–Crippen LogP) is 3.64. The van der Waals surface area contributed by atoms with E-state index in [0.29, 0.717) is 16.5 Å². The van der Waals surface area contributed by atoms with E-state index in [4.69, 9.17) is 17.3 Å². The molecule has 0 radical (unpaired) electrons. The largest absolute Gasteiger partial charge is 0.399 e. The van der Waals surface area contributed by atoms with Crippen LogP contribution in [0.4, 0.5) is 5.69 Å². The van der Waals surface area contributed by atoms with E-state index in [1.54, 1.807) is 22.9 Å². The van der Waals surface area contributed by atoms with E-state index in [0.717, 1.165) is 21.3 Å². The van der Waals surface area contributed by atoms with Crippen molar-refractivity contribution in [1.29, 1.82) is 0 Å². The number of nitrogens with zero attached hydrogens (tertiary/aromatic N) is 4. The molecule has 0 bridgehead atoms. The Labute approximate surface area is 134 Å². The van der Waals surface area contributed by atoms with Gasteiger partial charge in [0.2, 0.25) is 0 Å². The Bertz CT molecular complexity index is 795. The van der Waals surface area contributed by atoms with Gasteiger partial charge in [0.15, 0.2) is 5.82 Å². The Hall–Kier alpha value is -1.92. The normalized spacial score (nSPS) is 10.8. The van der Waals surface area contributed by atoms with Crippen LogP contribution in [-0.2, 0) is 0 Å². The van der Waals surface area contributed by atoms with Gasteiger partial charge < -0.3 is 5.73 Å². The quantitative estimate of drug-likeness (QED) is 0.705. The maximum atomic E-state index is 6.05. The van der Waals surface area contributed by atoms with E-state index < -0.39 is 0 Å². The number of rotatable bonds is 2. The summed E-state index contributed by atoms with van der Waals surface area (Å²) in [6.45, 7) is 2.02. The third-order valence-electron chi connectivity index (χ3n) is 3.05. The zero-order valence-electron chi connectivity index (χ0n) is 11.1. The summed E-state index contributed by atoms with van der Waals surface area (Å²) in [5, 5.41) is 12.4. The van der Waals surface area contributed by atoms with E-state index in [-0.39, 0.29) is 0 Å². The van der Waals surface area contributed by atoms with Crippen LogP contribution < -0.4 is 5.73 Å². The molecule has 0 fully saturated rings. The first-order valence-corrected chi connectivity index (χ1v) is 7.33. The van der Waals surface area contributed by atoms with Gasteiger partial charge in [-0.15, -0.1) is 5.10 Å². The second-order valence-corrected chi connectivity index (χ2v) is 5.91. The number of aryl methyl sites for hydroxylation is 1. The summed E-state index contributed by atoms with van der Waals surface area (Å²) in [5.74, 6) is 0.583. The van der Waals surface area contributed by atoms with Crippen molar-refractivity contribution in [2.24, 2.45) is 0 Å². The molecule has 2 aromatic carbocycles. The van der Waals surface area contributed by atoms with Gasteiger partial charge in [-0.1, -0.05) is 33.6 Å². The van der Waals surface area contributed by atoms with Crippen molar-refractivity contribution in [3.63, 3.8) is 0 Å². The third-order valence-corrected chi connectivity index (χ3v) is 4.12. The number of aromatic nitrogens is 4. The summed E-state index contributed by atoms with van der Waals surface area (Å²) in [4.78, 5) is 0. The Morgan fingerprint density at radius 1 is 1.19 bits per heavy atom. The molecular formula is C14H11BrClN5. The highest BCUT2D eigenvalue weighted by Gasteiger charge is 2.12. The molecule has 1 aromatic heterocycles. The molecule has 0 amide bonds. The van der Waals surface area contributed by atoms with Crippen LogP contribution in [0.3, 0.4) is 0 Å². The maximum Gasteiger partial charge on any atom is 0.187 e. The molecule has 2 N–H and O–H groups in total. The number of anilines is 1. The van der Waals surface area contributed by atoms with E-state index in [9.17, 15) is 0 Å². The van der Waals surface area contributed by atoms with Gasteiger partial charge in [0, 0.05) is 20.7 Å². The van der Waals surface area contributed by atoms with Crippen molar-refractivity contribution in [3.05, 3.63) is 51.5 Å². The van der Waals surface area contributed by atoms with Crippen molar-refractivity contribution < 1.29 is 0 Å². The Morgan fingerprint density at radius 3 is 2.71 bits per heavy atom. The van der Waals surface area contributed by atoms with Crippen molar-refractivity contribution in [2.75, 3.05) is 5.73 Å². The molecule has 0 aliphatic heterocycles. The van der Waals surface area contributed by atoms with Crippen molar-refractivity contribution in [1.82, 2.24) is 20.2 Å². The molecule has 0 unspecified atom stereocenters. The van der Waals surface area contributed by atoms with E-state index in [1.165, 1.54) is 0 Å². The van der Waals surface area contributed by atoms with Crippen LogP contribution >= 0.6 is 27.5 Å². The molecule has 0 spiro atoms. The minimum atomic E-state index is 0.546. The number of halogens is 2. The number of benzene rings is 2. The van der Waals surface area contributed by atoms with Crippen LogP contribution in [0.2, 0.25) is 5.02 Å². The van der Waals surface area contributed by atoms with Crippen molar-refractivity contribution in [2.45, 2.75) is 6.92 Å². The molecule has 21 heavy (non-hydrogen) atoms. The number of nitrogens with two attached hydrogens (primary N) is 1. The zero-order chi connectivity index (χ0) is 15.0. The molecular weight excluding hydrogens is 354 g/mol. The maximum absolute atomic E-state index is 6.05. The Kier molecular flexibility index (Phi) is 3.65. The lowest BCUT2D eigenvalue weighted by Gasteiger charge is -2.07. The van der Waals surface area contributed by atoms with Gasteiger partial charge in [-0.25, -0.2) is 0 Å². The minimum absolute atomic E-state index is 0.546. The van der Waals surface area contributed by atoms with Gasteiger partial charge in [-0.05, 0) is 53.2 Å². The van der Waals surface area contributed by atoms with Crippen LogP contribution in [0.5, 0.6) is 0 Å². The molecule has 0 saturated carbocycles. The molecule has 0 aliphatic rings. The first-order chi connectivity index (χ1) is 10.0. The molecule has 3 rings (SSSR count). The van der Waals surface area contributed by atoms with E-state index >= 15 is 0 Å². The Balaban J connectivity index is 2.14. The van der Waals surface area contributed by atoms with Crippen molar-refractivity contribution >= 4 is 33.2 Å². The fourth-order valence-electron chi connectivity index (χ4n) is 2.00. The molecule has 0 atom stereocenters. The van der Waals surface area contributed by atoms with Crippen molar-refractivity contribution in [3.8, 4) is 17.1 Å². The summed E-state index contributed by atoms with van der Waals surface area (Å²) in [6, 6.07) is 11.2. The molecule has 1 heterocycles. The number of hydrogen-bond donors (Lipinski definition) is 1. The smallest absolute Gasteiger partial charge is 0.187 e. The highest BCUT2D eigenvalue weighted by atomic mass is 79.9. The number of hydrogen-bond acceptors (Lipinski definition) is 4. The fraction of sp³-hybridized carbons (Fsp3) is 0.0714. The minimum Gasteiger partial charge on any atom is -0.399 e. The lowest BCUT2D eigenvalue weighted by Crippen LogP contribution is -2.00. The van der Waals surface area contributed by atoms with Gasteiger partial charge in [-0.2, -0.15) is 4.68 Å². The highest BCUT2D eigenvalue weighted by Crippen LogP contribution is 2.27. The predicted molar refractivity (Wildman–Crippen MR) is 86.4 cm³/mol. The van der Waals surface area contributed by atoms with Crippen LogP contribution in [0.1, 0.15) is 5.56 Å². The highest BCUT2D eigenvalue weighted by molar-refractivity contribution is 9.10. The standard InChI is InChI=1S/C14H11BrClN5/c1-8-2-3-12(7-13(8)15)21-14(18-19-20-21)9-4-10(16)6-11(17)5-9/h2-7H,17H2,1H3. The molecule has 3 aromatic rings. The van der Waals surface area contributed by atoms with Gasteiger partial charge >= 0.3 is 0 Å². The molecule has 0 aliphatic carbocycles. The first-order valence-electron chi connectivity index (χ1n) is 6.16. The molecule has 106 valence electrons.